The number of hydrogen-bond acceptors (Lipinski definition) is 6. The van der Waals surface area contributed by atoms with Crippen LogP contribution in [-0.4, -0.2) is 66.6 Å². The summed E-state index contributed by atoms with van der Waals surface area (Å²) in [4.78, 5) is 31.1. The highest BCUT2D eigenvalue weighted by molar-refractivity contribution is 5.94. The first-order chi connectivity index (χ1) is 17.1. The molecule has 1 aromatic carbocycles. The van der Waals surface area contributed by atoms with Crippen molar-refractivity contribution in [1.82, 2.24) is 34.5 Å². The van der Waals surface area contributed by atoms with Crippen molar-refractivity contribution in [3.8, 4) is 11.3 Å². The molecule has 178 valence electrons. The topological polar surface area (TPSA) is 80.0 Å². The van der Waals surface area contributed by atoms with Crippen molar-refractivity contribution in [1.29, 1.82) is 0 Å². The molecule has 5 rings (SSSR count). The number of pyridine rings is 1. The van der Waals surface area contributed by atoms with Gasteiger partial charge in [-0.2, -0.15) is 5.10 Å². The zero-order chi connectivity index (χ0) is 24.0. The van der Waals surface area contributed by atoms with E-state index in [-0.39, 0.29) is 11.8 Å². The smallest absolute Gasteiger partial charge is 0.255 e. The maximum Gasteiger partial charge on any atom is 0.255 e. The molecule has 0 saturated carbocycles. The summed E-state index contributed by atoms with van der Waals surface area (Å²) in [5, 5.41) is 4.20. The highest BCUT2D eigenvalue weighted by Crippen LogP contribution is 2.20. The van der Waals surface area contributed by atoms with Gasteiger partial charge in [0, 0.05) is 76.3 Å². The van der Waals surface area contributed by atoms with Gasteiger partial charge in [0.25, 0.3) is 5.91 Å². The number of amides is 1. The van der Waals surface area contributed by atoms with E-state index in [1.54, 1.807) is 29.5 Å². The number of hydrogen-bond donors (Lipinski definition) is 0. The molecule has 1 aliphatic rings. The second-order valence-corrected chi connectivity index (χ2v) is 9.07. The Labute approximate surface area is 205 Å². The lowest BCUT2D eigenvalue weighted by Crippen LogP contribution is -2.36. The summed E-state index contributed by atoms with van der Waals surface area (Å²) in [5.74, 6) is 0.269. The minimum absolute atomic E-state index is 0.0148. The summed E-state index contributed by atoms with van der Waals surface area (Å²) in [7, 11) is 1.87. The molecule has 8 nitrogen and oxygen atoms in total. The largest absolute Gasteiger partial charge is 0.337 e. The second kappa shape index (κ2) is 10.6. The van der Waals surface area contributed by atoms with Gasteiger partial charge < -0.3 is 4.90 Å². The molecular weight excluding hydrogens is 438 g/mol. The first kappa shape index (κ1) is 22.9. The molecular formula is C27H29N7O. The lowest BCUT2D eigenvalue weighted by molar-refractivity contribution is 0.0745. The molecule has 0 aliphatic carbocycles. The van der Waals surface area contributed by atoms with Crippen molar-refractivity contribution in [2.75, 3.05) is 26.2 Å². The molecule has 0 radical (unpaired) electrons. The van der Waals surface area contributed by atoms with Crippen molar-refractivity contribution in [3.05, 3.63) is 96.5 Å². The molecule has 0 unspecified atom stereocenters. The average Bonchev–Trinajstić information content (AvgIpc) is 3.23. The van der Waals surface area contributed by atoms with Crippen LogP contribution in [0.15, 0.2) is 79.6 Å². The molecule has 1 fully saturated rings. The third-order valence-electron chi connectivity index (χ3n) is 6.34. The Hall–Kier alpha value is -3.91. The molecule has 1 saturated heterocycles. The maximum absolute atomic E-state index is 13.5. The highest BCUT2D eigenvalue weighted by atomic mass is 16.2. The molecule has 4 heterocycles. The fraction of sp³-hybridized carbons (Fsp3) is 0.296. The molecule has 8 heteroatoms. The van der Waals surface area contributed by atoms with Gasteiger partial charge in [-0.25, -0.2) is 0 Å². The number of aromatic nitrogens is 5. The minimum Gasteiger partial charge on any atom is -0.337 e. The van der Waals surface area contributed by atoms with Gasteiger partial charge in [-0.05, 0) is 30.0 Å². The van der Waals surface area contributed by atoms with E-state index in [1.807, 2.05) is 42.5 Å². The summed E-state index contributed by atoms with van der Waals surface area (Å²) in [5.41, 5.74) is 4.57. The summed E-state index contributed by atoms with van der Waals surface area (Å²) < 4.78 is 1.74. The van der Waals surface area contributed by atoms with E-state index >= 15 is 0 Å². The van der Waals surface area contributed by atoms with Gasteiger partial charge in [0.15, 0.2) is 0 Å². The summed E-state index contributed by atoms with van der Waals surface area (Å²) in [6, 6.07) is 14.2. The van der Waals surface area contributed by atoms with Gasteiger partial charge in [-0.1, -0.05) is 30.3 Å². The Morgan fingerprint density at radius 3 is 2.57 bits per heavy atom. The van der Waals surface area contributed by atoms with Crippen LogP contribution < -0.4 is 0 Å². The number of carbonyl (C=O) groups is 1. The number of aryl methyl sites for hydroxylation is 1. The van der Waals surface area contributed by atoms with Gasteiger partial charge in [-0.3, -0.25) is 29.3 Å². The number of rotatable bonds is 6. The van der Waals surface area contributed by atoms with E-state index in [0.717, 1.165) is 43.0 Å². The van der Waals surface area contributed by atoms with Crippen LogP contribution in [0.5, 0.6) is 0 Å². The molecule has 0 bridgehead atoms. The molecule has 3 aromatic heterocycles. The fourth-order valence-electron chi connectivity index (χ4n) is 4.64. The van der Waals surface area contributed by atoms with Gasteiger partial charge in [-0.15, -0.1) is 0 Å². The molecule has 1 atom stereocenters. The Kier molecular flexibility index (Phi) is 6.90. The van der Waals surface area contributed by atoms with Crippen LogP contribution in [0.3, 0.4) is 0 Å². The van der Waals surface area contributed by atoms with Crippen molar-refractivity contribution >= 4 is 5.91 Å². The number of carbonyl (C=O) groups excluding carboxylic acids is 1. The molecule has 1 aliphatic heterocycles. The zero-order valence-electron chi connectivity index (χ0n) is 19.9. The average molecular weight is 468 g/mol. The van der Waals surface area contributed by atoms with E-state index in [9.17, 15) is 4.79 Å². The summed E-state index contributed by atoms with van der Waals surface area (Å²) in [6.07, 6.45) is 11.4. The van der Waals surface area contributed by atoms with Gasteiger partial charge >= 0.3 is 0 Å². The predicted octanol–water partition coefficient (Wildman–Crippen LogP) is 3.09. The van der Waals surface area contributed by atoms with E-state index in [2.05, 4.69) is 49.2 Å². The summed E-state index contributed by atoms with van der Waals surface area (Å²) in [6.45, 7) is 3.92. The van der Waals surface area contributed by atoms with Crippen molar-refractivity contribution in [2.45, 2.75) is 13.0 Å². The lowest BCUT2D eigenvalue weighted by atomic mass is 10.0. The van der Waals surface area contributed by atoms with Crippen LogP contribution in [0.1, 0.15) is 21.6 Å². The maximum atomic E-state index is 13.5. The van der Waals surface area contributed by atoms with E-state index in [1.165, 1.54) is 5.56 Å². The number of benzene rings is 1. The van der Waals surface area contributed by atoms with Crippen LogP contribution in [0, 0.1) is 5.92 Å². The van der Waals surface area contributed by atoms with Crippen LogP contribution in [0.2, 0.25) is 0 Å². The predicted molar refractivity (Wildman–Crippen MR) is 133 cm³/mol. The first-order valence-corrected chi connectivity index (χ1v) is 11.9. The minimum atomic E-state index is 0.0148. The van der Waals surface area contributed by atoms with E-state index in [0.29, 0.717) is 18.7 Å². The van der Waals surface area contributed by atoms with Gasteiger partial charge in [0.1, 0.15) is 0 Å². The molecule has 0 spiro atoms. The van der Waals surface area contributed by atoms with Gasteiger partial charge in [0.05, 0.1) is 23.1 Å². The highest BCUT2D eigenvalue weighted by Gasteiger charge is 2.27. The van der Waals surface area contributed by atoms with Crippen LogP contribution in [0.4, 0.5) is 0 Å². The molecule has 0 N–H and O–H groups in total. The van der Waals surface area contributed by atoms with Gasteiger partial charge in [0.2, 0.25) is 0 Å². The Morgan fingerprint density at radius 1 is 0.971 bits per heavy atom. The lowest BCUT2D eigenvalue weighted by Gasteiger charge is -2.24. The van der Waals surface area contributed by atoms with Crippen molar-refractivity contribution in [3.63, 3.8) is 0 Å². The first-order valence-electron chi connectivity index (χ1n) is 11.9. The van der Waals surface area contributed by atoms with Crippen LogP contribution in [0.25, 0.3) is 11.3 Å². The standard InChI is InChI=1S/C27H29N7O/c1-32-20-24(15-31-32)26-8-7-23(14-30-26)27(35)34-12-11-33(17-21-5-3-2-4-6-21)18-22(19-34)13-25-16-28-9-10-29-25/h2-10,14-16,20,22H,11-13,17-19H2,1H3/t22-/m1/s1. The number of nitrogens with zero attached hydrogens (tertiary/aromatic N) is 7. The second-order valence-electron chi connectivity index (χ2n) is 9.07. The van der Waals surface area contributed by atoms with E-state index in [4.69, 9.17) is 0 Å². The van der Waals surface area contributed by atoms with Crippen molar-refractivity contribution < 1.29 is 4.79 Å². The monoisotopic (exact) mass is 467 g/mol. The Balaban J connectivity index is 1.33. The Morgan fingerprint density at radius 2 is 1.86 bits per heavy atom. The van der Waals surface area contributed by atoms with Crippen LogP contribution >= 0.6 is 0 Å². The third kappa shape index (κ3) is 5.78. The van der Waals surface area contributed by atoms with Crippen LogP contribution in [-0.2, 0) is 20.0 Å². The third-order valence-corrected chi connectivity index (χ3v) is 6.34. The fourth-order valence-corrected chi connectivity index (χ4v) is 4.64. The zero-order valence-corrected chi connectivity index (χ0v) is 19.9. The van der Waals surface area contributed by atoms with E-state index < -0.39 is 0 Å². The van der Waals surface area contributed by atoms with Crippen molar-refractivity contribution in [2.24, 2.45) is 13.0 Å². The molecule has 35 heavy (non-hydrogen) atoms. The molecule has 4 aromatic rings. The summed E-state index contributed by atoms with van der Waals surface area (Å²) >= 11 is 0. The quantitative estimate of drug-likeness (QED) is 0.434. The molecule has 1 amide bonds. The Bertz CT molecular complexity index is 1240. The normalized spacial score (nSPS) is 16.7. The SMILES string of the molecule is Cn1cc(-c2ccc(C(=O)N3CCN(Cc4ccccc4)C[C@@H](Cc4cnccn4)C3)cn2)cn1.